The zero-order chi connectivity index (χ0) is 25.9. The summed E-state index contributed by atoms with van der Waals surface area (Å²) in [6, 6.07) is 11.3. The highest BCUT2D eigenvalue weighted by Gasteiger charge is 2.17. The third-order valence-electron chi connectivity index (χ3n) is 6.09. The Hall–Kier alpha value is -4.85. The van der Waals surface area contributed by atoms with E-state index in [2.05, 4.69) is 26.2 Å². The molecule has 5 aromatic rings. The van der Waals surface area contributed by atoms with Crippen molar-refractivity contribution in [3.63, 3.8) is 0 Å². The first-order chi connectivity index (χ1) is 18.0. The molecule has 1 atom stereocenters. The van der Waals surface area contributed by atoms with Gasteiger partial charge in [-0.25, -0.2) is 27.9 Å². The van der Waals surface area contributed by atoms with Crippen molar-refractivity contribution in [1.82, 2.24) is 29.4 Å². The first kappa shape index (κ1) is 23.9. The number of nitrogens with zero attached hydrogens (tertiary/aromatic N) is 8. The van der Waals surface area contributed by atoms with E-state index in [1.54, 1.807) is 35.2 Å². The molecule has 0 amide bonds. The van der Waals surface area contributed by atoms with Crippen molar-refractivity contribution in [2.75, 3.05) is 25.2 Å². The van der Waals surface area contributed by atoms with Crippen LogP contribution in [0.2, 0.25) is 0 Å². The Balaban J connectivity index is 1.40. The molecule has 0 spiro atoms. The van der Waals surface area contributed by atoms with E-state index in [4.69, 9.17) is 4.74 Å². The third kappa shape index (κ3) is 4.69. The van der Waals surface area contributed by atoms with Crippen LogP contribution >= 0.6 is 0 Å². The predicted octanol–water partition coefficient (Wildman–Crippen LogP) is 4.53. The normalized spacial score (nSPS) is 11.9. The van der Waals surface area contributed by atoms with Crippen molar-refractivity contribution < 1.29 is 13.5 Å². The Bertz CT molecular complexity index is 1570. The van der Waals surface area contributed by atoms with Crippen LogP contribution in [-0.2, 0) is 0 Å². The minimum atomic E-state index is -0.614. The number of nitriles is 1. The molecule has 0 fully saturated rings. The molecule has 0 radical (unpaired) electrons. The van der Waals surface area contributed by atoms with E-state index >= 15 is 0 Å². The molecule has 0 aliphatic rings. The van der Waals surface area contributed by atoms with Gasteiger partial charge in [-0.2, -0.15) is 15.5 Å². The van der Waals surface area contributed by atoms with E-state index in [0.717, 1.165) is 23.1 Å². The summed E-state index contributed by atoms with van der Waals surface area (Å²) in [6.45, 7) is 1.34. The van der Waals surface area contributed by atoms with Gasteiger partial charge in [-0.15, -0.1) is 0 Å². The quantitative estimate of drug-likeness (QED) is 0.309. The molecule has 1 unspecified atom stereocenters. The van der Waals surface area contributed by atoms with Gasteiger partial charge in [0, 0.05) is 30.6 Å². The van der Waals surface area contributed by atoms with Crippen LogP contribution in [0.25, 0.3) is 22.5 Å². The molecule has 5 rings (SSSR count). The van der Waals surface area contributed by atoms with Gasteiger partial charge in [0.1, 0.15) is 30.9 Å². The minimum Gasteiger partial charge on any atom is -0.489 e. The standard InChI is InChI=1S/C26H22F2N8O/c1-17(18-3-6-25(31-11-18)35-15-21(28)14-33-35)34(2)24-5-4-19(12-30-24)23-9-22(37-8-7-27)16-36-26(23)20(10-29)13-32-36/h3-6,9,11-17H,7-8H2,1-2H3. The van der Waals surface area contributed by atoms with Gasteiger partial charge in [0.05, 0.1) is 41.9 Å². The van der Waals surface area contributed by atoms with E-state index in [0.29, 0.717) is 28.2 Å². The summed E-state index contributed by atoms with van der Waals surface area (Å²) in [7, 11) is 1.93. The Morgan fingerprint density at radius 2 is 1.95 bits per heavy atom. The number of fused-ring (bicyclic) bond motifs is 1. The van der Waals surface area contributed by atoms with Crippen LogP contribution in [0.4, 0.5) is 14.6 Å². The average molecular weight is 501 g/mol. The van der Waals surface area contributed by atoms with Crippen LogP contribution in [0.15, 0.2) is 67.5 Å². The second kappa shape index (κ2) is 10.0. The van der Waals surface area contributed by atoms with Crippen LogP contribution in [-0.4, -0.2) is 49.7 Å². The summed E-state index contributed by atoms with van der Waals surface area (Å²) < 4.78 is 34.3. The molecular formula is C26H22F2N8O. The molecule has 37 heavy (non-hydrogen) atoms. The van der Waals surface area contributed by atoms with Crippen LogP contribution in [0.3, 0.4) is 0 Å². The number of rotatable bonds is 8. The molecule has 0 aliphatic heterocycles. The molecule has 0 bridgehead atoms. The van der Waals surface area contributed by atoms with Gasteiger partial charge in [0.25, 0.3) is 0 Å². The van der Waals surface area contributed by atoms with Crippen molar-refractivity contribution in [1.29, 1.82) is 5.26 Å². The monoisotopic (exact) mass is 500 g/mol. The van der Waals surface area contributed by atoms with Crippen molar-refractivity contribution in [2.24, 2.45) is 0 Å². The van der Waals surface area contributed by atoms with Crippen molar-refractivity contribution in [3.05, 3.63) is 84.5 Å². The first-order valence-electron chi connectivity index (χ1n) is 11.4. The van der Waals surface area contributed by atoms with Gasteiger partial charge in [-0.1, -0.05) is 6.07 Å². The SMILES string of the molecule is CC(c1ccc(-n2cc(F)cn2)nc1)N(C)c1ccc(-c2cc(OCCF)cn3ncc(C#N)c23)cn1. The second-order valence-electron chi connectivity index (χ2n) is 8.33. The molecule has 0 saturated heterocycles. The Morgan fingerprint density at radius 1 is 1.08 bits per heavy atom. The van der Waals surface area contributed by atoms with E-state index in [9.17, 15) is 14.0 Å². The molecular weight excluding hydrogens is 478 g/mol. The zero-order valence-corrected chi connectivity index (χ0v) is 20.1. The first-order valence-corrected chi connectivity index (χ1v) is 11.4. The van der Waals surface area contributed by atoms with Gasteiger partial charge >= 0.3 is 0 Å². The molecule has 186 valence electrons. The summed E-state index contributed by atoms with van der Waals surface area (Å²) in [6.07, 6.45) is 8.95. The molecule has 0 saturated carbocycles. The number of hydrogen-bond donors (Lipinski definition) is 0. The van der Waals surface area contributed by atoms with Gasteiger partial charge in [0.2, 0.25) is 0 Å². The molecule has 0 aliphatic carbocycles. The van der Waals surface area contributed by atoms with Crippen LogP contribution in [0.1, 0.15) is 24.1 Å². The molecule has 11 heteroatoms. The number of alkyl halides is 1. The topological polar surface area (TPSA) is 97.2 Å². The summed E-state index contributed by atoms with van der Waals surface area (Å²) in [5.74, 6) is 1.26. The van der Waals surface area contributed by atoms with Crippen molar-refractivity contribution in [3.8, 4) is 28.8 Å². The van der Waals surface area contributed by atoms with E-state index < -0.39 is 12.5 Å². The summed E-state index contributed by atoms with van der Waals surface area (Å²) in [4.78, 5) is 11.0. The fourth-order valence-electron chi connectivity index (χ4n) is 4.02. The van der Waals surface area contributed by atoms with Crippen LogP contribution in [0, 0.1) is 17.1 Å². The minimum absolute atomic E-state index is 0.0570. The fourth-order valence-corrected chi connectivity index (χ4v) is 4.02. The maximum absolute atomic E-state index is 13.3. The van der Waals surface area contributed by atoms with E-state index in [-0.39, 0.29) is 12.6 Å². The molecule has 5 aromatic heterocycles. The fraction of sp³-hybridized carbons (Fsp3) is 0.192. The van der Waals surface area contributed by atoms with Gasteiger partial charge < -0.3 is 9.64 Å². The number of pyridine rings is 3. The maximum atomic E-state index is 13.3. The highest BCUT2D eigenvalue weighted by molar-refractivity contribution is 5.85. The highest BCUT2D eigenvalue weighted by atomic mass is 19.1. The van der Waals surface area contributed by atoms with Crippen molar-refractivity contribution >= 4 is 11.3 Å². The summed E-state index contributed by atoms with van der Waals surface area (Å²) in [5, 5.41) is 17.7. The lowest BCUT2D eigenvalue weighted by atomic mass is 10.0. The number of halogens is 2. The van der Waals surface area contributed by atoms with Gasteiger partial charge in [-0.05, 0) is 36.8 Å². The zero-order valence-electron chi connectivity index (χ0n) is 20.1. The second-order valence-corrected chi connectivity index (χ2v) is 8.33. The summed E-state index contributed by atoms with van der Waals surface area (Å²) in [5.41, 5.74) is 3.44. The lowest BCUT2D eigenvalue weighted by Gasteiger charge is -2.26. The Morgan fingerprint density at radius 3 is 2.59 bits per heavy atom. The largest absolute Gasteiger partial charge is 0.489 e. The summed E-state index contributed by atoms with van der Waals surface area (Å²) >= 11 is 0. The number of anilines is 1. The Labute approximate surface area is 211 Å². The van der Waals surface area contributed by atoms with E-state index in [1.807, 2.05) is 37.1 Å². The van der Waals surface area contributed by atoms with Gasteiger partial charge in [-0.3, -0.25) is 0 Å². The molecule has 5 heterocycles. The van der Waals surface area contributed by atoms with Crippen LogP contribution < -0.4 is 9.64 Å². The van der Waals surface area contributed by atoms with Gasteiger partial charge in [0.15, 0.2) is 11.6 Å². The lowest BCUT2D eigenvalue weighted by molar-refractivity contribution is 0.272. The lowest BCUT2D eigenvalue weighted by Crippen LogP contribution is -2.22. The van der Waals surface area contributed by atoms with Crippen molar-refractivity contribution in [2.45, 2.75) is 13.0 Å². The Kier molecular flexibility index (Phi) is 6.47. The predicted molar refractivity (Wildman–Crippen MR) is 133 cm³/mol. The smallest absolute Gasteiger partial charge is 0.161 e. The average Bonchev–Trinajstić information content (AvgIpc) is 3.56. The van der Waals surface area contributed by atoms with Crippen LogP contribution in [0.5, 0.6) is 5.75 Å². The molecule has 0 aromatic carbocycles. The van der Waals surface area contributed by atoms with E-state index in [1.165, 1.54) is 17.1 Å². The number of ether oxygens (including phenoxy) is 1. The third-order valence-corrected chi connectivity index (χ3v) is 6.09. The number of hydrogen-bond acceptors (Lipinski definition) is 7. The molecule has 0 N–H and O–H groups in total. The maximum Gasteiger partial charge on any atom is 0.161 e. The highest BCUT2D eigenvalue weighted by Crippen LogP contribution is 2.32. The number of aromatic nitrogens is 6. The molecule has 9 nitrogen and oxygen atoms in total.